The van der Waals surface area contributed by atoms with E-state index < -0.39 is 0 Å². The summed E-state index contributed by atoms with van der Waals surface area (Å²) in [6, 6.07) is 8.90. The van der Waals surface area contributed by atoms with Crippen molar-refractivity contribution < 1.29 is 9.69 Å². The quantitative estimate of drug-likeness (QED) is 0.882. The lowest BCUT2D eigenvalue weighted by atomic mass is 9.96. The van der Waals surface area contributed by atoms with E-state index in [1.807, 2.05) is 11.3 Å². The standard InChI is InChI=1S/C20H27N3OS/c1-14(19(24)21-16-6-2-3-7-16)23-12-10-15(11-13-23)20-22-17-8-4-5-9-18(17)25-20/h4-5,8-9,14-16H,2-3,6-7,10-13H2,1H3,(H,21,24)/p+1/t14-/m1/s1. The van der Waals surface area contributed by atoms with Crippen LogP contribution in [-0.2, 0) is 4.79 Å². The molecule has 134 valence electrons. The molecule has 1 aliphatic carbocycles. The van der Waals surface area contributed by atoms with Crippen molar-refractivity contribution >= 4 is 27.5 Å². The second kappa shape index (κ2) is 7.42. The molecule has 0 spiro atoms. The summed E-state index contributed by atoms with van der Waals surface area (Å²) in [6.45, 7) is 4.23. The van der Waals surface area contributed by atoms with Crippen molar-refractivity contribution in [2.75, 3.05) is 13.1 Å². The Bertz CT molecular complexity index is 696. The summed E-state index contributed by atoms with van der Waals surface area (Å²) in [5.74, 6) is 0.812. The highest BCUT2D eigenvalue weighted by Gasteiger charge is 2.32. The molecular formula is C20H28N3OS+. The van der Waals surface area contributed by atoms with Crippen molar-refractivity contribution in [1.82, 2.24) is 10.3 Å². The summed E-state index contributed by atoms with van der Waals surface area (Å²) in [5.41, 5.74) is 1.13. The van der Waals surface area contributed by atoms with Crippen molar-refractivity contribution in [3.63, 3.8) is 0 Å². The van der Waals surface area contributed by atoms with Crippen LogP contribution in [0.3, 0.4) is 0 Å². The van der Waals surface area contributed by atoms with Gasteiger partial charge in [0.15, 0.2) is 6.04 Å². The van der Waals surface area contributed by atoms with Gasteiger partial charge in [-0.25, -0.2) is 4.98 Å². The summed E-state index contributed by atoms with van der Waals surface area (Å²) in [6.07, 6.45) is 7.12. The molecule has 4 nitrogen and oxygen atoms in total. The van der Waals surface area contributed by atoms with Crippen molar-refractivity contribution in [2.45, 2.75) is 63.5 Å². The van der Waals surface area contributed by atoms with Gasteiger partial charge in [0.05, 0.1) is 28.3 Å². The minimum atomic E-state index is 0.0666. The SMILES string of the molecule is C[C@H](C(=O)NC1CCCC1)[NH+]1CCC(c2nc3ccccc3s2)CC1. The number of nitrogens with one attached hydrogen (secondary N) is 2. The number of thiazole rings is 1. The van der Waals surface area contributed by atoms with Crippen LogP contribution in [0.25, 0.3) is 10.2 Å². The molecule has 0 bridgehead atoms. The number of piperidine rings is 1. The number of likely N-dealkylation sites (tertiary alicyclic amines) is 1. The van der Waals surface area contributed by atoms with Gasteiger partial charge in [-0.2, -0.15) is 0 Å². The van der Waals surface area contributed by atoms with Gasteiger partial charge in [-0.15, -0.1) is 11.3 Å². The number of nitrogens with zero attached hydrogens (tertiary/aromatic N) is 1. The fourth-order valence-corrected chi connectivity index (χ4v) is 5.45. The second-order valence-corrected chi connectivity index (χ2v) is 8.73. The third-order valence-corrected chi connectivity index (χ3v) is 7.19. The van der Waals surface area contributed by atoms with E-state index in [0.717, 1.165) is 44.3 Å². The summed E-state index contributed by atoms with van der Waals surface area (Å²) in [7, 11) is 0. The number of hydrogen-bond acceptors (Lipinski definition) is 3. The number of quaternary nitrogens is 1. The van der Waals surface area contributed by atoms with Gasteiger partial charge in [0.2, 0.25) is 0 Å². The fraction of sp³-hybridized carbons (Fsp3) is 0.600. The van der Waals surface area contributed by atoms with Gasteiger partial charge in [0, 0.05) is 24.8 Å². The smallest absolute Gasteiger partial charge is 0.278 e. The predicted octanol–water partition coefficient (Wildman–Crippen LogP) is 2.51. The molecule has 2 aliphatic rings. The number of rotatable bonds is 4. The van der Waals surface area contributed by atoms with Crippen LogP contribution >= 0.6 is 11.3 Å². The second-order valence-electron chi connectivity index (χ2n) is 7.66. The molecule has 0 radical (unpaired) electrons. The molecule has 0 unspecified atom stereocenters. The van der Waals surface area contributed by atoms with Gasteiger partial charge in [-0.05, 0) is 31.9 Å². The van der Waals surface area contributed by atoms with Crippen molar-refractivity contribution in [2.24, 2.45) is 0 Å². The van der Waals surface area contributed by atoms with E-state index in [0.29, 0.717) is 12.0 Å². The number of benzene rings is 1. The first kappa shape index (κ1) is 17.0. The maximum atomic E-state index is 12.5. The summed E-state index contributed by atoms with van der Waals surface area (Å²) >= 11 is 1.84. The first-order chi connectivity index (χ1) is 12.2. The van der Waals surface area contributed by atoms with E-state index in [4.69, 9.17) is 4.98 Å². The Kier molecular flexibility index (Phi) is 5.04. The Balaban J connectivity index is 1.33. The van der Waals surface area contributed by atoms with Crippen LogP contribution in [0, 0.1) is 0 Å². The third-order valence-electron chi connectivity index (χ3n) is 5.99. The lowest BCUT2D eigenvalue weighted by Gasteiger charge is -2.32. The van der Waals surface area contributed by atoms with Crippen molar-refractivity contribution in [3.05, 3.63) is 29.3 Å². The van der Waals surface area contributed by atoms with Crippen molar-refractivity contribution in [1.29, 1.82) is 0 Å². The van der Waals surface area contributed by atoms with Crippen LogP contribution in [0.15, 0.2) is 24.3 Å². The highest BCUT2D eigenvalue weighted by molar-refractivity contribution is 7.18. The summed E-state index contributed by atoms with van der Waals surface area (Å²) in [5, 5.41) is 4.55. The van der Waals surface area contributed by atoms with E-state index in [1.54, 1.807) is 0 Å². The molecule has 1 saturated carbocycles. The zero-order valence-electron chi connectivity index (χ0n) is 15.0. The Morgan fingerprint density at radius 2 is 1.92 bits per heavy atom. The summed E-state index contributed by atoms with van der Waals surface area (Å²) < 4.78 is 1.29. The first-order valence-electron chi connectivity index (χ1n) is 9.71. The minimum Gasteiger partial charge on any atom is -0.348 e. The summed E-state index contributed by atoms with van der Waals surface area (Å²) in [4.78, 5) is 18.8. The van der Waals surface area contributed by atoms with E-state index in [1.165, 1.54) is 27.4 Å². The minimum absolute atomic E-state index is 0.0666. The maximum Gasteiger partial charge on any atom is 0.278 e. The normalized spacial score (nSPS) is 26.0. The van der Waals surface area contributed by atoms with E-state index in [2.05, 4.69) is 36.5 Å². The number of amides is 1. The average molecular weight is 359 g/mol. The highest BCUT2D eigenvalue weighted by atomic mass is 32.1. The molecule has 1 atom stereocenters. The number of para-hydroxylation sites is 1. The van der Waals surface area contributed by atoms with Crippen LogP contribution in [0.4, 0.5) is 0 Å². The van der Waals surface area contributed by atoms with Crippen LogP contribution < -0.4 is 10.2 Å². The molecule has 25 heavy (non-hydrogen) atoms. The van der Waals surface area contributed by atoms with Gasteiger partial charge in [0.1, 0.15) is 0 Å². The Labute approximate surface area is 153 Å². The zero-order valence-corrected chi connectivity index (χ0v) is 15.8. The van der Waals surface area contributed by atoms with Crippen LogP contribution in [-0.4, -0.2) is 36.1 Å². The largest absolute Gasteiger partial charge is 0.348 e. The molecule has 1 aromatic carbocycles. The predicted molar refractivity (Wildman–Crippen MR) is 102 cm³/mol. The molecule has 1 aromatic heterocycles. The molecular weight excluding hydrogens is 330 g/mol. The number of fused-ring (bicyclic) bond motifs is 1. The topological polar surface area (TPSA) is 46.4 Å². The maximum absolute atomic E-state index is 12.5. The lowest BCUT2D eigenvalue weighted by Crippen LogP contribution is -3.17. The first-order valence-corrected chi connectivity index (χ1v) is 10.5. The van der Waals surface area contributed by atoms with Crippen LogP contribution in [0.5, 0.6) is 0 Å². The molecule has 5 heteroatoms. The third kappa shape index (κ3) is 3.72. The van der Waals surface area contributed by atoms with Crippen LogP contribution in [0.2, 0.25) is 0 Å². The molecule has 1 aliphatic heterocycles. The molecule has 1 amide bonds. The number of hydrogen-bond donors (Lipinski definition) is 2. The highest BCUT2D eigenvalue weighted by Crippen LogP contribution is 2.31. The Morgan fingerprint density at radius 1 is 1.20 bits per heavy atom. The molecule has 4 rings (SSSR count). The molecule has 2 heterocycles. The Hall–Kier alpha value is -1.46. The van der Waals surface area contributed by atoms with E-state index in [-0.39, 0.29) is 11.9 Å². The van der Waals surface area contributed by atoms with Gasteiger partial charge in [-0.1, -0.05) is 25.0 Å². The number of carbonyl (C=O) groups is 1. The average Bonchev–Trinajstić information content (AvgIpc) is 3.30. The number of carbonyl (C=O) groups excluding carboxylic acids is 1. The van der Waals surface area contributed by atoms with Gasteiger partial charge in [-0.3, -0.25) is 4.79 Å². The molecule has 2 aromatic rings. The molecule has 2 N–H and O–H groups in total. The van der Waals surface area contributed by atoms with E-state index in [9.17, 15) is 4.79 Å². The zero-order chi connectivity index (χ0) is 17.2. The van der Waals surface area contributed by atoms with Gasteiger partial charge >= 0.3 is 0 Å². The number of aromatic nitrogens is 1. The van der Waals surface area contributed by atoms with Crippen LogP contribution in [0.1, 0.15) is 56.4 Å². The fourth-order valence-electron chi connectivity index (χ4n) is 4.31. The molecule has 2 fully saturated rings. The van der Waals surface area contributed by atoms with Gasteiger partial charge in [0.25, 0.3) is 5.91 Å². The lowest BCUT2D eigenvalue weighted by molar-refractivity contribution is -0.919. The Morgan fingerprint density at radius 3 is 2.64 bits per heavy atom. The monoisotopic (exact) mass is 358 g/mol. The van der Waals surface area contributed by atoms with Gasteiger partial charge < -0.3 is 10.2 Å². The van der Waals surface area contributed by atoms with E-state index >= 15 is 0 Å². The molecule has 1 saturated heterocycles. The van der Waals surface area contributed by atoms with Crippen molar-refractivity contribution in [3.8, 4) is 0 Å².